The van der Waals surface area contributed by atoms with Crippen LogP contribution >= 0.6 is 0 Å². The van der Waals surface area contributed by atoms with E-state index in [0.717, 1.165) is 6.26 Å². The molecule has 11 heteroatoms. The van der Waals surface area contributed by atoms with Gasteiger partial charge in [0.15, 0.2) is 9.84 Å². The third kappa shape index (κ3) is 4.57. The molecule has 0 fully saturated rings. The first-order valence-corrected chi connectivity index (χ1v) is 12.8. The van der Waals surface area contributed by atoms with Crippen LogP contribution in [0.5, 0.6) is 5.75 Å². The number of pyridine rings is 1. The minimum Gasteiger partial charge on any atom is -0.435 e. The summed E-state index contributed by atoms with van der Waals surface area (Å²) in [5.74, 6) is -0.574. The van der Waals surface area contributed by atoms with E-state index in [2.05, 4.69) is 9.72 Å². The molecule has 2 atom stereocenters. The van der Waals surface area contributed by atoms with Crippen molar-refractivity contribution in [2.24, 2.45) is 0 Å². The summed E-state index contributed by atoms with van der Waals surface area (Å²) < 4.78 is 76.5. The second-order valence-electron chi connectivity index (χ2n) is 8.47. The summed E-state index contributed by atoms with van der Waals surface area (Å²) in [7, 11) is -3.41. The highest BCUT2D eigenvalue weighted by molar-refractivity contribution is 7.90. The fraction of sp³-hybridized carbons (Fsp3) is 0.240. The third-order valence-electron chi connectivity index (χ3n) is 6.04. The van der Waals surface area contributed by atoms with Gasteiger partial charge in [-0.1, -0.05) is 30.3 Å². The van der Waals surface area contributed by atoms with Gasteiger partial charge in [-0.25, -0.2) is 17.8 Å². The number of aliphatic hydroxyl groups is 1. The van der Waals surface area contributed by atoms with Crippen LogP contribution in [0.15, 0.2) is 65.7 Å². The fourth-order valence-corrected chi connectivity index (χ4v) is 4.99. The first-order valence-electron chi connectivity index (χ1n) is 11.0. The van der Waals surface area contributed by atoms with Gasteiger partial charge in [0.25, 0.3) is 0 Å². The number of aliphatic hydroxyl groups excluding tert-OH is 1. The highest BCUT2D eigenvalue weighted by Crippen LogP contribution is 2.38. The van der Waals surface area contributed by atoms with Gasteiger partial charge in [-0.3, -0.25) is 0 Å². The Bertz CT molecular complexity index is 1540. The van der Waals surface area contributed by atoms with Crippen molar-refractivity contribution >= 4 is 15.5 Å². The number of nitrogens with zero attached hydrogens (tertiary/aromatic N) is 2. The van der Waals surface area contributed by atoms with Crippen molar-refractivity contribution in [1.82, 2.24) is 9.38 Å². The number of hydrogen-bond acceptors (Lipinski definition) is 6. The number of imidazole rings is 1. The maximum atomic E-state index is 15.1. The highest BCUT2D eigenvalue weighted by atomic mass is 32.2. The minimum atomic E-state index is -3.41. The van der Waals surface area contributed by atoms with Gasteiger partial charge in [0, 0.05) is 30.5 Å². The molecule has 3 heterocycles. The molecular weight excluding hydrogens is 497 g/mol. The number of para-hydroxylation sites is 1. The molecule has 7 nitrogen and oxygen atoms in total. The Balaban J connectivity index is 1.59. The molecule has 5 rings (SSSR count). The first-order chi connectivity index (χ1) is 17.1. The molecule has 1 aliphatic heterocycles. The molecule has 0 bridgehead atoms. The van der Waals surface area contributed by atoms with E-state index >= 15 is 4.39 Å². The number of benzene rings is 2. The van der Waals surface area contributed by atoms with Crippen LogP contribution in [0.2, 0.25) is 0 Å². The topological polar surface area (TPSA) is 90.1 Å². The van der Waals surface area contributed by atoms with Crippen molar-refractivity contribution in [1.29, 1.82) is 0 Å². The van der Waals surface area contributed by atoms with Gasteiger partial charge >= 0.3 is 6.61 Å². The number of aromatic nitrogens is 2. The molecular formula is C25H21F3N2O5S. The maximum absolute atomic E-state index is 15.1. The predicted octanol–water partition coefficient (Wildman–Crippen LogP) is 4.49. The summed E-state index contributed by atoms with van der Waals surface area (Å²) in [4.78, 5) is 4.51. The molecule has 0 spiro atoms. The van der Waals surface area contributed by atoms with Crippen molar-refractivity contribution in [3.05, 3.63) is 83.6 Å². The summed E-state index contributed by atoms with van der Waals surface area (Å²) in [6.07, 6.45) is 0.993. The Hall–Kier alpha value is -3.41. The monoisotopic (exact) mass is 518 g/mol. The van der Waals surface area contributed by atoms with Gasteiger partial charge in [0.1, 0.15) is 29.4 Å². The van der Waals surface area contributed by atoms with E-state index in [-0.39, 0.29) is 34.9 Å². The number of alkyl halides is 2. The van der Waals surface area contributed by atoms with Crippen LogP contribution in [0.25, 0.3) is 16.8 Å². The van der Waals surface area contributed by atoms with Crippen LogP contribution in [-0.4, -0.2) is 42.4 Å². The van der Waals surface area contributed by atoms with E-state index in [1.165, 1.54) is 42.6 Å². The Morgan fingerprint density at radius 3 is 2.61 bits per heavy atom. The Labute approximate surface area is 204 Å². The van der Waals surface area contributed by atoms with E-state index in [9.17, 15) is 22.3 Å². The quantitative estimate of drug-likeness (QED) is 0.405. The molecule has 0 aliphatic carbocycles. The zero-order chi connectivity index (χ0) is 25.6. The van der Waals surface area contributed by atoms with E-state index < -0.39 is 34.5 Å². The van der Waals surface area contributed by atoms with Crippen LogP contribution in [0.3, 0.4) is 0 Å². The molecule has 1 aliphatic rings. The Morgan fingerprint density at radius 1 is 1.19 bits per heavy atom. The lowest BCUT2D eigenvalue weighted by Gasteiger charge is -2.27. The summed E-state index contributed by atoms with van der Waals surface area (Å²) in [5.41, 5.74) is 2.10. The Morgan fingerprint density at radius 2 is 1.92 bits per heavy atom. The average Bonchev–Trinajstić information content (AvgIpc) is 3.20. The standard InChI is InChI=1S/C25H21F3N2O5S/c1-36(32,33)16-8-6-14(7-9-16)17-12-30-22(11-18(17)26)29-23-19(31)13-34-21(24(23)30)10-15-4-2-3-5-20(15)35-25(27)28/h2-9,11-12,19,21,25,31H,10,13H2,1H3/t19-,21-/m1/s1. The SMILES string of the molecule is CS(=O)(=O)c1ccc(-c2cn3c4c(nc3cc2F)[C@H](O)CO[C@@H]4Cc2ccccc2OC(F)F)cc1. The number of sulfone groups is 1. The van der Waals surface area contributed by atoms with Crippen molar-refractivity contribution in [3.8, 4) is 16.9 Å². The third-order valence-corrected chi connectivity index (χ3v) is 7.17. The van der Waals surface area contributed by atoms with Crippen LogP contribution in [0.1, 0.15) is 29.2 Å². The molecule has 4 aromatic rings. The predicted molar refractivity (Wildman–Crippen MR) is 124 cm³/mol. The summed E-state index contributed by atoms with van der Waals surface area (Å²) in [6.45, 7) is -3.06. The van der Waals surface area contributed by atoms with Gasteiger partial charge in [-0.2, -0.15) is 8.78 Å². The molecule has 0 unspecified atom stereocenters. The van der Waals surface area contributed by atoms with Crippen molar-refractivity contribution < 1.29 is 36.2 Å². The van der Waals surface area contributed by atoms with Crippen LogP contribution in [-0.2, 0) is 21.0 Å². The van der Waals surface area contributed by atoms with Crippen molar-refractivity contribution in [2.75, 3.05) is 12.9 Å². The summed E-state index contributed by atoms with van der Waals surface area (Å²) in [6, 6.07) is 13.4. The highest BCUT2D eigenvalue weighted by Gasteiger charge is 2.33. The van der Waals surface area contributed by atoms with Crippen LogP contribution in [0, 0.1) is 5.82 Å². The van der Waals surface area contributed by atoms with Gasteiger partial charge < -0.3 is 19.0 Å². The first kappa shape index (κ1) is 24.3. The van der Waals surface area contributed by atoms with E-state index in [1.54, 1.807) is 22.6 Å². The van der Waals surface area contributed by atoms with E-state index in [4.69, 9.17) is 4.74 Å². The number of fused-ring (bicyclic) bond motifs is 3. The zero-order valence-electron chi connectivity index (χ0n) is 18.9. The smallest absolute Gasteiger partial charge is 0.387 e. The summed E-state index contributed by atoms with van der Waals surface area (Å²) in [5, 5.41) is 10.5. The fourth-order valence-electron chi connectivity index (χ4n) is 4.36. The van der Waals surface area contributed by atoms with Gasteiger partial charge in [0.05, 0.1) is 22.9 Å². The van der Waals surface area contributed by atoms with Gasteiger partial charge in [-0.05, 0) is 29.3 Å². The number of rotatable bonds is 6. The number of hydrogen-bond donors (Lipinski definition) is 1. The van der Waals surface area contributed by atoms with E-state index in [0.29, 0.717) is 22.5 Å². The van der Waals surface area contributed by atoms with E-state index in [1.807, 2.05) is 0 Å². The Kier molecular flexibility index (Phi) is 6.23. The summed E-state index contributed by atoms with van der Waals surface area (Å²) >= 11 is 0. The molecule has 188 valence electrons. The molecule has 0 saturated carbocycles. The minimum absolute atomic E-state index is 0.00953. The lowest BCUT2D eigenvalue weighted by molar-refractivity contribution is -0.0525. The number of halogens is 3. The molecule has 2 aromatic heterocycles. The van der Waals surface area contributed by atoms with Crippen molar-refractivity contribution in [2.45, 2.75) is 30.1 Å². The normalized spacial score (nSPS) is 17.9. The lowest BCUT2D eigenvalue weighted by Crippen LogP contribution is -2.23. The van der Waals surface area contributed by atoms with Gasteiger partial charge in [0.2, 0.25) is 0 Å². The second kappa shape index (κ2) is 9.23. The average molecular weight is 519 g/mol. The van der Waals surface area contributed by atoms with Gasteiger partial charge in [-0.15, -0.1) is 0 Å². The van der Waals surface area contributed by atoms with Crippen molar-refractivity contribution in [3.63, 3.8) is 0 Å². The molecule has 0 amide bonds. The van der Waals surface area contributed by atoms with Crippen LogP contribution in [0.4, 0.5) is 13.2 Å². The molecule has 2 aromatic carbocycles. The largest absolute Gasteiger partial charge is 0.435 e. The second-order valence-corrected chi connectivity index (χ2v) is 10.5. The molecule has 0 radical (unpaired) electrons. The number of ether oxygens (including phenoxy) is 2. The zero-order valence-corrected chi connectivity index (χ0v) is 19.8. The lowest BCUT2D eigenvalue weighted by atomic mass is 9.99. The maximum Gasteiger partial charge on any atom is 0.387 e. The van der Waals surface area contributed by atoms with Crippen LogP contribution < -0.4 is 4.74 Å². The molecule has 36 heavy (non-hydrogen) atoms. The molecule has 1 N–H and O–H groups in total. The molecule has 0 saturated heterocycles.